The molecule has 2 aromatic carbocycles. The normalized spacial score (nSPS) is 14.0. The van der Waals surface area contributed by atoms with Crippen molar-refractivity contribution in [2.45, 2.75) is 26.3 Å². The van der Waals surface area contributed by atoms with Gasteiger partial charge in [0.05, 0.1) is 31.1 Å². The average molecular weight is 492 g/mol. The minimum Gasteiger partial charge on any atom is -0.379 e. The molecule has 35 heavy (non-hydrogen) atoms. The number of carbonyl (C=O) groups excluding carboxylic acids is 2. The highest BCUT2D eigenvalue weighted by molar-refractivity contribution is 7.12. The van der Waals surface area contributed by atoms with E-state index in [1.807, 2.05) is 58.8 Å². The van der Waals surface area contributed by atoms with Crippen molar-refractivity contribution in [3.05, 3.63) is 87.6 Å². The number of aryl methyl sites for hydroxylation is 1. The molecule has 0 radical (unpaired) electrons. The molecule has 0 bridgehead atoms. The van der Waals surface area contributed by atoms with Crippen LogP contribution in [0.1, 0.15) is 32.8 Å². The Morgan fingerprint density at radius 2 is 1.80 bits per heavy atom. The Morgan fingerprint density at radius 3 is 2.51 bits per heavy atom. The molecule has 2 heterocycles. The third-order valence-electron chi connectivity index (χ3n) is 6.26. The van der Waals surface area contributed by atoms with Crippen molar-refractivity contribution in [1.82, 2.24) is 10.2 Å². The zero-order valence-electron chi connectivity index (χ0n) is 20.2. The molecule has 1 aliphatic rings. The summed E-state index contributed by atoms with van der Waals surface area (Å²) < 4.78 is 5.37. The van der Waals surface area contributed by atoms with Gasteiger partial charge in [0.15, 0.2) is 0 Å². The molecular formula is C28H33N3O3S. The third kappa shape index (κ3) is 7.24. The Balaban J connectivity index is 1.35. The van der Waals surface area contributed by atoms with Gasteiger partial charge < -0.3 is 15.0 Å². The molecule has 2 amide bonds. The van der Waals surface area contributed by atoms with Gasteiger partial charge in [0.2, 0.25) is 5.91 Å². The Kier molecular flexibility index (Phi) is 9.06. The van der Waals surface area contributed by atoms with Gasteiger partial charge in [0.1, 0.15) is 0 Å². The minimum atomic E-state index is -0.0194. The van der Waals surface area contributed by atoms with Gasteiger partial charge in [-0.3, -0.25) is 14.5 Å². The largest absolute Gasteiger partial charge is 0.379 e. The molecule has 0 spiro atoms. The van der Waals surface area contributed by atoms with Crippen molar-refractivity contribution in [1.29, 1.82) is 0 Å². The average Bonchev–Trinajstić information content (AvgIpc) is 3.42. The van der Waals surface area contributed by atoms with Crippen LogP contribution in [0.4, 0.5) is 5.69 Å². The Morgan fingerprint density at radius 1 is 1.03 bits per heavy atom. The Hall–Kier alpha value is -3.00. The standard InChI is InChI=1S/C28H33N3O3S/c1-22-6-2-3-7-24(22)21-31(28(33)26-8-4-19-35-26)25-11-9-23(10-12-25)20-27(32)29-13-5-14-30-15-17-34-18-16-30/h2-4,6-12,19H,5,13-18,20-21H2,1H3,(H,29,32). The van der Waals surface area contributed by atoms with E-state index < -0.39 is 0 Å². The maximum Gasteiger partial charge on any atom is 0.268 e. The fourth-order valence-electron chi connectivity index (χ4n) is 4.17. The van der Waals surface area contributed by atoms with E-state index in [9.17, 15) is 9.59 Å². The second-order valence-electron chi connectivity index (χ2n) is 8.80. The lowest BCUT2D eigenvalue weighted by Gasteiger charge is -2.26. The number of hydrogen-bond donors (Lipinski definition) is 1. The predicted molar refractivity (Wildman–Crippen MR) is 141 cm³/mol. The summed E-state index contributed by atoms with van der Waals surface area (Å²) in [5, 5.41) is 4.94. The number of nitrogens with one attached hydrogen (secondary N) is 1. The van der Waals surface area contributed by atoms with Gasteiger partial charge in [-0.05, 0) is 60.2 Å². The molecule has 1 aliphatic heterocycles. The Labute approximate surface area is 211 Å². The molecule has 1 saturated heterocycles. The highest BCUT2D eigenvalue weighted by atomic mass is 32.1. The fourth-order valence-corrected chi connectivity index (χ4v) is 4.84. The van der Waals surface area contributed by atoms with Crippen molar-refractivity contribution in [3.8, 4) is 0 Å². The molecule has 184 valence electrons. The lowest BCUT2D eigenvalue weighted by Crippen LogP contribution is -2.38. The maximum absolute atomic E-state index is 13.3. The van der Waals surface area contributed by atoms with E-state index in [2.05, 4.69) is 29.3 Å². The summed E-state index contributed by atoms with van der Waals surface area (Å²) in [5.41, 5.74) is 4.01. The molecule has 1 fully saturated rings. The maximum atomic E-state index is 13.3. The first kappa shape index (κ1) is 25.1. The summed E-state index contributed by atoms with van der Waals surface area (Å²) in [6, 6.07) is 19.6. The molecule has 0 aliphatic carbocycles. The number of anilines is 1. The van der Waals surface area contributed by atoms with E-state index in [1.54, 1.807) is 0 Å². The number of rotatable bonds is 10. The summed E-state index contributed by atoms with van der Waals surface area (Å²) in [5.74, 6) is 0.000157. The summed E-state index contributed by atoms with van der Waals surface area (Å²) in [6.07, 6.45) is 1.26. The van der Waals surface area contributed by atoms with Crippen LogP contribution in [0, 0.1) is 6.92 Å². The molecular weight excluding hydrogens is 458 g/mol. The van der Waals surface area contributed by atoms with Gasteiger partial charge in [-0.2, -0.15) is 0 Å². The second kappa shape index (κ2) is 12.6. The van der Waals surface area contributed by atoms with E-state index in [-0.39, 0.29) is 11.8 Å². The van der Waals surface area contributed by atoms with Crippen LogP contribution in [0.3, 0.4) is 0 Å². The Bertz CT molecular complexity index is 1090. The highest BCUT2D eigenvalue weighted by Crippen LogP contribution is 2.24. The zero-order valence-corrected chi connectivity index (χ0v) is 21.1. The van der Waals surface area contributed by atoms with E-state index in [1.165, 1.54) is 11.3 Å². The lowest BCUT2D eigenvalue weighted by molar-refractivity contribution is -0.120. The number of nitrogens with zero attached hydrogens (tertiary/aromatic N) is 2. The van der Waals surface area contributed by atoms with E-state index >= 15 is 0 Å². The van der Waals surface area contributed by atoms with Gasteiger partial charge in [-0.25, -0.2) is 0 Å². The van der Waals surface area contributed by atoms with Gasteiger partial charge in [-0.1, -0.05) is 42.5 Å². The predicted octanol–water partition coefficient (Wildman–Crippen LogP) is 4.28. The third-order valence-corrected chi connectivity index (χ3v) is 7.11. The number of benzene rings is 2. The number of ether oxygens (including phenoxy) is 1. The first-order valence-electron chi connectivity index (χ1n) is 12.2. The summed E-state index contributed by atoms with van der Waals surface area (Å²) in [6.45, 7) is 7.74. The fraction of sp³-hybridized carbons (Fsp3) is 0.357. The van der Waals surface area contributed by atoms with Crippen molar-refractivity contribution in [3.63, 3.8) is 0 Å². The monoisotopic (exact) mass is 491 g/mol. The molecule has 4 rings (SSSR count). The molecule has 0 atom stereocenters. The van der Waals surface area contributed by atoms with Crippen LogP contribution in [0.2, 0.25) is 0 Å². The van der Waals surface area contributed by atoms with Crippen LogP contribution >= 0.6 is 11.3 Å². The molecule has 3 aromatic rings. The van der Waals surface area contributed by atoms with Crippen molar-refractivity contribution in [2.75, 3.05) is 44.3 Å². The second-order valence-corrected chi connectivity index (χ2v) is 9.74. The van der Waals surface area contributed by atoms with Crippen LogP contribution in [-0.4, -0.2) is 56.1 Å². The van der Waals surface area contributed by atoms with Crippen LogP contribution in [0.25, 0.3) is 0 Å². The van der Waals surface area contributed by atoms with Gasteiger partial charge in [0, 0.05) is 25.3 Å². The van der Waals surface area contributed by atoms with Gasteiger partial charge in [-0.15, -0.1) is 11.3 Å². The lowest BCUT2D eigenvalue weighted by atomic mass is 10.1. The zero-order chi connectivity index (χ0) is 24.5. The topological polar surface area (TPSA) is 61.9 Å². The molecule has 1 aromatic heterocycles. The van der Waals surface area contributed by atoms with Crippen LogP contribution in [0.15, 0.2) is 66.0 Å². The molecule has 7 heteroatoms. The van der Waals surface area contributed by atoms with Gasteiger partial charge >= 0.3 is 0 Å². The SMILES string of the molecule is Cc1ccccc1CN(C(=O)c1cccs1)c1ccc(CC(=O)NCCCN2CCOCC2)cc1. The number of morpholine rings is 1. The number of thiophene rings is 1. The van der Waals surface area contributed by atoms with E-state index in [0.717, 1.165) is 61.6 Å². The van der Waals surface area contributed by atoms with E-state index in [0.29, 0.717) is 24.4 Å². The summed E-state index contributed by atoms with van der Waals surface area (Å²) in [4.78, 5) is 30.6. The van der Waals surface area contributed by atoms with E-state index in [4.69, 9.17) is 4.74 Å². The molecule has 6 nitrogen and oxygen atoms in total. The number of hydrogen-bond acceptors (Lipinski definition) is 5. The number of carbonyl (C=O) groups is 2. The van der Waals surface area contributed by atoms with Crippen LogP contribution in [-0.2, 0) is 22.5 Å². The van der Waals surface area contributed by atoms with Crippen LogP contribution in [0.5, 0.6) is 0 Å². The smallest absolute Gasteiger partial charge is 0.268 e. The summed E-state index contributed by atoms with van der Waals surface area (Å²) in [7, 11) is 0. The highest BCUT2D eigenvalue weighted by Gasteiger charge is 2.20. The number of amides is 2. The quantitative estimate of drug-likeness (QED) is 0.430. The first-order valence-corrected chi connectivity index (χ1v) is 13.0. The van der Waals surface area contributed by atoms with Crippen LogP contribution < -0.4 is 10.2 Å². The summed E-state index contributed by atoms with van der Waals surface area (Å²) >= 11 is 1.45. The van der Waals surface area contributed by atoms with Crippen molar-refractivity contribution in [2.24, 2.45) is 0 Å². The van der Waals surface area contributed by atoms with Crippen molar-refractivity contribution < 1.29 is 14.3 Å². The molecule has 0 unspecified atom stereocenters. The van der Waals surface area contributed by atoms with Gasteiger partial charge in [0.25, 0.3) is 5.91 Å². The molecule has 0 saturated carbocycles. The molecule has 1 N–H and O–H groups in total. The minimum absolute atomic E-state index is 0.0194. The van der Waals surface area contributed by atoms with Crippen molar-refractivity contribution >= 4 is 28.8 Å². The first-order chi connectivity index (χ1) is 17.1.